The standard InChI is InChI=1S/2C44H55N10O17P3S/c1-6-46-29-19-31-27(17-23(29)3)35(28-18-24(4)30(47-7-2)20-32(28)67-31)25-11-8-9-12-26(25)41(58)53(5)16-10-13-34(55)48-14-15-49-44(59)69-38-33(21-66-72(60,61)70-73(62,63)71-74(64,65)75)68-42(37(38)56)54-22-50-36-39(54)51-43(45)52-40(36)57;1-6-46-29-19-31-27(17-23(29)3)35(28-18-24(4)30(47-7-2)20-32(28)67-31)25-11-8-9-12-26(25)41(58)53(5)16-10-13-34(55)48-14-15-49-44(59)69-38-37(56)33(21-66-72(60,61)70-73(62,63)71-74(64,65)75)68-42(38)54-22-50-36-39(54)51-43(45)52-40(36)57/h2*8-9,11-12,17-20,22,33,37-38,42,46,56H,6-7,10,13-16,21H2,1-5H3,(H,48,55)(H,49,59)(H,60,61)(H,62,63)(H2,64,65,75)(H3,45,51,52,57)/t2*33-,37-,38-,42-/m11/s1. The number of anilines is 4. The zero-order valence-electron chi connectivity index (χ0n) is 81.7. The molecule has 2 fully saturated rings. The van der Waals surface area contributed by atoms with Crippen LogP contribution in [-0.2, 0) is 96.7 Å². The van der Waals surface area contributed by atoms with Crippen LogP contribution in [0, 0.1) is 27.7 Å². The van der Waals surface area contributed by atoms with Crippen molar-refractivity contribution in [3.63, 3.8) is 0 Å². The number of nitrogens with zero attached hydrogens (tertiary/aromatic N) is 8. The highest BCUT2D eigenvalue weighted by molar-refractivity contribution is 8.08. The first kappa shape index (κ1) is 115. The molecular weight excluding hydrogens is 2130 g/mol. The molecule has 0 saturated carbocycles. The van der Waals surface area contributed by atoms with E-state index in [1.807, 2.05) is 104 Å². The number of nitrogens with one attached hydrogen (secondary N) is 10. The van der Waals surface area contributed by atoms with Crippen LogP contribution in [-0.4, -0.2) is 254 Å². The van der Waals surface area contributed by atoms with Crippen molar-refractivity contribution in [1.29, 1.82) is 0 Å². The molecule has 8 heterocycles. The first-order chi connectivity index (χ1) is 70.8. The van der Waals surface area contributed by atoms with Crippen molar-refractivity contribution >= 4 is 172 Å². The molecule has 4 aliphatic heterocycles. The molecule has 6 amide bonds. The van der Waals surface area contributed by atoms with Gasteiger partial charge in [0.05, 0.1) is 38.0 Å². The van der Waals surface area contributed by atoms with Gasteiger partial charge >= 0.3 is 41.3 Å². The second-order valence-corrected chi connectivity index (χ2v) is 45.8. The maximum absolute atomic E-state index is 14.3. The Balaban J connectivity index is 0.000000250. The Bertz CT molecular complexity index is 7650. The molecule has 0 radical (unpaired) electrons. The summed E-state index contributed by atoms with van der Waals surface area (Å²) in [5.74, 6) is -0.723. The summed E-state index contributed by atoms with van der Waals surface area (Å²) < 4.78 is 111. The maximum Gasteiger partial charge on any atom is 0.478 e. The van der Waals surface area contributed by atoms with E-state index >= 15 is 0 Å². The number of aromatic amines is 2. The molecule has 54 nitrogen and oxygen atoms in total. The average molecular weight is 2240 g/mol. The lowest BCUT2D eigenvalue weighted by molar-refractivity contribution is -0.496. The van der Waals surface area contributed by atoms with Crippen molar-refractivity contribution in [1.82, 2.24) is 70.1 Å². The number of benzene rings is 6. The largest absolute Gasteiger partial charge is 0.756 e. The van der Waals surface area contributed by atoms with Gasteiger partial charge in [0.25, 0.3) is 38.6 Å². The number of H-pyrrole nitrogens is 2. The van der Waals surface area contributed by atoms with E-state index in [-0.39, 0.29) is 111 Å². The summed E-state index contributed by atoms with van der Waals surface area (Å²) in [6.07, 6.45) is -13.5. The van der Waals surface area contributed by atoms with Gasteiger partial charge in [-0.3, -0.25) is 66.0 Å². The summed E-state index contributed by atoms with van der Waals surface area (Å²) in [7, 11) is -20.0. The lowest BCUT2D eigenvalue weighted by atomic mass is 9.89. The van der Waals surface area contributed by atoms with Crippen LogP contribution < -0.4 is 85.0 Å². The number of aliphatic hydroxyl groups excluding tert-OH is 2. The highest BCUT2D eigenvalue weighted by Gasteiger charge is 2.52. The van der Waals surface area contributed by atoms with Crippen molar-refractivity contribution in [2.75, 3.05) is 115 Å². The van der Waals surface area contributed by atoms with Gasteiger partial charge in [-0.25, -0.2) is 55.9 Å². The Morgan fingerprint density at radius 2 is 0.913 bits per heavy atom. The van der Waals surface area contributed by atoms with E-state index in [2.05, 4.69) is 141 Å². The molecule has 4 aromatic carbocycles. The number of fused-ring (bicyclic) bond motifs is 6. The summed E-state index contributed by atoms with van der Waals surface area (Å²) in [6, 6.07) is 30.9. The molecule has 14 rings (SSSR count). The van der Waals surface area contributed by atoms with Crippen LogP contribution in [0.5, 0.6) is 0 Å². The monoisotopic (exact) mass is 2240 g/mol. The van der Waals surface area contributed by atoms with Crippen LogP contribution in [0.4, 0.5) is 32.9 Å². The summed E-state index contributed by atoms with van der Waals surface area (Å²) >= 11 is 8.09. The van der Waals surface area contributed by atoms with Crippen LogP contribution in [0.1, 0.15) is 109 Å². The number of aryl methyl sites for hydroxylation is 4. The van der Waals surface area contributed by atoms with E-state index in [0.29, 0.717) is 58.0 Å². The third kappa shape index (κ3) is 28.7. The fourth-order valence-electron chi connectivity index (χ4n) is 16.7. The molecule has 150 heavy (non-hydrogen) atoms. The SMILES string of the molecule is CCNc1cc2oc3cc(=[NH+]CC)c(C)cc-3c(-c3ccccc3C(=O)N(C)CCCC(=O)NCCNC(=O)O[C@@H]3[C@H](O)[C@@H](COP(=O)(O)OP(=O)([O-])OP(O)(O)=S)O[C@H]3n3cnc4c(=O)[nH]c(N)nc43)c2cc1C.CCNc1cc2oc3cc(=[NH+]CC)c(C)cc-3c(-c3ccccc3C(=O)N(C)CCCC(=O)NCCNC(=O)O[C@H]3[C@@H](O)[C@H](n4cnc5c(=O)[nH]c(N)nc54)O[C@@H]3COP(=O)(O)OP(=O)([O-])OP(O)(O)=S)c2cc1C. The van der Waals surface area contributed by atoms with Gasteiger partial charge < -0.3 is 130 Å². The number of rotatable bonds is 42. The normalized spacial score (nSPS) is 18.7. The Labute approximate surface area is 861 Å². The summed E-state index contributed by atoms with van der Waals surface area (Å²) in [6.45, 7) is 6.70. The van der Waals surface area contributed by atoms with Crippen molar-refractivity contribution in [3.8, 4) is 44.9 Å². The zero-order valence-corrected chi connectivity index (χ0v) is 88.7. The smallest absolute Gasteiger partial charge is 0.478 e. The number of phosphoric ester groups is 2. The van der Waals surface area contributed by atoms with E-state index in [1.54, 1.807) is 48.2 Å². The lowest BCUT2D eigenvalue weighted by Gasteiger charge is -2.26. The highest BCUT2D eigenvalue weighted by atomic mass is 32.5. The zero-order chi connectivity index (χ0) is 109. The van der Waals surface area contributed by atoms with Crippen LogP contribution in [0.3, 0.4) is 0 Å². The number of alkyl carbamates (subject to hydrolysis) is 2. The molecule has 4 unspecified atom stereocenters. The number of ether oxygens (including phenoxy) is 4. The fourth-order valence-corrected chi connectivity index (χ4v) is 24.1. The number of hydrogen-bond acceptors (Lipinski definition) is 38. The Hall–Kier alpha value is -11.9. The third-order valence-electron chi connectivity index (χ3n) is 23.2. The number of aromatic nitrogens is 8. The number of hydrogen-bond donors (Lipinski definition) is 20. The number of aliphatic hydroxyl groups is 2. The van der Waals surface area contributed by atoms with Crippen molar-refractivity contribution in [3.05, 3.63) is 175 Å². The second kappa shape index (κ2) is 48.8. The maximum atomic E-state index is 14.3. The minimum absolute atomic E-state index is 0.00596. The molecule has 2 saturated heterocycles. The predicted molar refractivity (Wildman–Crippen MR) is 542 cm³/mol. The van der Waals surface area contributed by atoms with Crippen molar-refractivity contribution < 1.29 is 160 Å². The number of amides is 6. The van der Waals surface area contributed by atoms with Crippen LogP contribution in [0.15, 0.2) is 128 Å². The summed E-state index contributed by atoms with van der Waals surface area (Å²) in [5, 5.41) is 43.0. The molecule has 8 aromatic rings. The molecule has 6 aliphatic rings. The fraction of sp³-hybridized carbons (Fsp3) is 0.386. The molecule has 808 valence electrons. The highest BCUT2D eigenvalue weighted by Crippen LogP contribution is 2.66. The summed E-state index contributed by atoms with van der Waals surface area (Å²) in [4.78, 5) is 216. The first-order valence-electron chi connectivity index (χ1n) is 46.2. The molecule has 12 atom stereocenters. The lowest BCUT2D eigenvalue weighted by Crippen LogP contribution is -2.76. The van der Waals surface area contributed by atoms with Crippen molar-refractivity contribution in [2.24, 2.45) is 0 Å². The van der Waals surface area contributed by atoms with Gasteiger partial charge in [0.2, 0.25) is 34.4 Å². The van der Waals surface area contributed by atoms with Gasteiger partial charge in [-0.15, -0.1) is 0 Å². The first-order valence-corrected chi connectivity index (χ1v) is 57.4. The number of carbonyl (C=O) groups is 6. The Kier molecular flexibility index (Phi) is 37.5. The topological polar surface area (TPSA) is 783 Å². The Morgan fingerprint density at radius 1 is 0.520 bits per heavy atom. The Morgan fingerprint density at radius 3 is 1.33 bits per heavy atom. The van der Waals surface area contributed by atoms with E-state index in [0.717, 1.165) is 112 Å². The third-order valence-corrected chi connectivity index (χ3v) is 32.0. The molecule has 4 aromatic heterocycles. The molecule has 22 N–H and O–H groups in total. The second-order valence-electron chi connectivity index (χ2n) is 34.2. The van der Waals surface area contributed by atoms with E-state index in [9.17, 15) is 86.4 Å². The van der Waals surface area contributed by atoms with E-state index < -0.39 is 142 Å². The van der Waals surface area contributed by atoms with Gasteiger partial charge in [0.15, 0.2) is 47.0 Å². The minimum atomic E-state index is -5.96. The number of nitrogens with two attached hydrogens (primary N) is 2. The van der Waals surface area contributed by atoms with E-state index in [1.165, 1.54) is 0 Å². The average Bonchev–Trinajstić information content (AvgIpc) is 0.985. The van der Waals surface area contributed by atoms with Gasteiger partial charge in [-0.2, -0.15) is 9.97 Å². The quantitative estimate of drug-likeness (QED) is 0.0148. The summed E-state index contributed by atoms with van der Waals surface area (Å²) in [5.41, 5.74) is 21.9. The molecular formula is C88H110N20O34P6S2. The van der Waals surface area contributed by atoms with Crippen LogP contribution in [0.25, 0.3) is 89.2 Å². The van der Waals surface area contributed by atoms with Crippen LogP contribution >= 0.6 is 44.7 Å². The van der Waals surface area contributed by atoms with Gasteiger partial charge in [0.1, 0.15) is 60.2 Å². The number of carbonyl (C=O) groups excluding carboxylic acids is 6. The molecule has 2 aliphatic carbocycles. The molecule has 0 spiro atoms. The predicted octanol–water partition coefficient (Wildman–Crippen LogP) is 2.24. The number of imidazole rings is 2. The van der Waals surface area contributed by atoms with Gasteiger partial charge in [0, 0.05) is 158 Å². The van der Waals surface area contributed by atoms with E-state index in [4.69, 9.17) is 63.3 Å². The number of nitrogen functional groups attached to an aromatic ring is 2. The minimum Gasteiger partial charge on any atom is -0.756 e. The molecule has 0 bridgehead atoms. The van der Waals surface area contributed by atoms with Crippen molar-refractivity contribution in [2.45, 2.75) is 130 Å². The van der Waals surface area contributed by atoms with Crippen LogP contribution in [0.2, 0.25) is 0 Å². The van der Waals surface area contributed by atoms with Gasteiger partial charge in [-0.1, -0.05) is 36.4 Å². The number of phosphoric acid groups is 4. The van der Waals surface area contributed by atoms with Gasteiger partial charge in [-0.05, 0) is 150 Å². The molecule has 62 heteroatoms.